The fourth-order valence-electron chi connectivity index (χ4n) is 1.68. The van der Waals surface area contributed by atoms with Crippen molar-refractivity contribution in [2.45, 2.75) is 24.5 Å². The molecule has 6 nitrogen and oxygen atoms in total. The summed E-state index contributed by atoms with van der Waals surface area (Å²) in [7, 11) is -3.43. The van der Waals surface area contributed by atoms with Gasteiger partial charge < -0.3 is 9.72 Å². The molecule has 2 heterocycles. The van der Waals surface area contributed by atoms with E-state index in [0.717, 1.165) is 6.42 Å². The molecular formula is C9H15N3O3S. The molecule has 1 aliphatic heterocycles. The molecule has 1 N–H and O–H groups in total. The molecule has 0 amide bonds. The number of aromatic amines is 1. The second-order valence-electron chi connectivity index (χ2n) is 3.68. The third kappa shape index (κ3) is 2.11. The molecule has 0 aliphatic carbocycles. The first-order chi connectivity index (χ1) is 7.64. The number of imidazole rings is 1. The highest BCUT2D eigenvalue weighted by Gasteiger charge is 2.30. The van der Waals surface area contributed by atoms with E-state index in [9.17, 15) is 8.42 Å². The minimum atomic E-state index is -3.43. The lowest BCUT2D eigenvalue weighted by Gasteiger charge is -2.31. The number of rotatable bonds is 3. The fraction of sp³-hybridized carbons (Fsp3) is 0.667. The van der Waals surface area contributed by atoms with Crippen LogP contribution < -0.4 is 0 Å². The van der Waals surface area contributed by atoms with Crippen LogP contribution in [0, 0.1) is 0 Å². The van der Waals surface area contributed by atoms with Gasteiger partial charge in [-0.2, -0.15) is 4.31 Å². The number of aromatic nitrogens is 2. The molecule has 0 bridgehead atoms. The summed E-state index contributed by atoms with van der Waals surface area (Å²) in [6.07, 6.45) is 3.50. The average Bonchev–Trinajstić information content (AvgIpc) is 2.83. The molecular weight excluding hydrogens is 230 g/mol. The van der Waals surface area contributed by atoms with Gasteiger partial charge in [0.05, 0.1) is 25.2 Å². The summed E-state index contributed by atoms with van der Waals surface area (Å²) in [5, 5.41) is 0.143. The summed E-state index contributed by atoms with van der Waals surface area (Å²) in [5.74, 6) is 0. The topological polar surface area (TPSA) is 75.3 Å². The Morgan fingerprint density at radius 3 is 3.12 bits per heavy atom. The van der Waals surface area contributed by atoms with Crippen molar-refractivity contribution in [3.8, 4) is 0 Å². The molecule has 1 aliphatic rings. The highest BCUT2D eigenvalue weighted by Crippen LogP contribution is 2.17. The van der Waals surface area contributed by atoms with Gasteiger partial charge in [0, 0.05) is 13.1 Å². The summed E-state index contributed by atoms with van der Waals surface area (Å²) in [6, 6.07) is 0. The largest absolute Gasteiger partial charge is 0.375 e. The fourth-order valence-corrected chi connectivity index (χ4v) is 3.03. The highest BCUT2D eigenvalue weighted by molar-refractivity contribution is 7.89. The van der Waals surface area contributed by atoms with Gasteiger partial charge in [-0.05, 0) is 6.42 Å². The van der Waals surface area contributed by atoms with Crippen LogP contribution in [0.1, 0.15) is 13.3 Å². The second-order valence-corrected chi connectivity index (χ2v) is 5.59. The molecule has 1 saturated heterocycles. The zero-order valence-electron chi connectivity index (χ0n) is 9.09. The van der Waals surface area contributed by atoms with Crippen LogP contribution in [0.5, 0.6) is 0 Å². The number of ether oxygens (including phenoxy) is 1. The molecule has 0 spiro atoms. The van der Waals surface area contributed by atoms with E-state index in [1.807, 2.05) is 6.92 Å². The molecule has 1 aromatic rings. The number of H-pyrrole nitrogens is 1. The number of nitrogens with zero attached hydrogens (tertiary/aromatic N) is 2. The van der Waals surface area contributed by atoms with Crippen LogP contribution in [-0.4, -0.2) is 48.5 Å². The predicted molar refractivity (Wildman–Crippen MR) is 57.4 cm³/mol. The number of morpholine rings is 1. The Labute approximate surface area is 94.7 Å². The van der Waals surface area contributed by atoms with Crippen LogP contribution in [0.4, 0.5) is 0 Å². The molecule has 1 fully saturated rings. The minimum Gasteiger partial charge on any atom is -0.375 e. The van der Waals surface area contributed by atoms with E-state index in [1.54, 1.807) is 0 Å². The van der Waals surface area contributed by atoms with Gasteiger partial charge in [-0.1, -0.05) is 6.92 Å². The first-order valence-corrected chi connectivity index (χ1v) is 6.68. The van der Waals surface area contributed by atoms with E-state index in [4.69, 9.17) is 4.74 Å². The van der Waals surface area contributed by atoms with E-state index >= 15 is 0 Å². The van der Waals surface area contributed by atoms with Gasteiger partial charge in [0.25, 0.3) is 10.0 Å². The zero-order valence-corrected chi connectivity index (χ0v) is 9.90. The van der Waals surface area contributed by atoms with Gasteiger partial charge in [-0.15, -0.1) is 0 Å². The zero-order chi connectivity index (χ0) is 11.6. The first kappa shape index (κ1) is 11.6. The summed E-state index contributed by atoms with van der Waals surface area (Å²) in [4.78, 5) is 6.36. The van der Waals surface area contributed by atoms with Crippen molar-refractivity contribution in [1.82, 2.24) is 14.3 Å². The van der Waals surface area contributed by atoms with Crippen LogP contribution in [0.15, 0.2) is 17.6 Å². The van der Waals surface area contributed by atoms with Crippen molar-refractivity contribution < 1.29 is 13.2 Å². The van der Waals surface area contributed by atoms with E-state index in [1.165, 1.54) is 16.8 Å². The normalized spacial score (nSPS) is 23.4. The van der Waals surface area contributed by atoms with E-state index in [2.05, 4.69) is 9.97 Å². The average molecular weight is 245 g/mol. The predicted octanol–water partition coefficient (Wildman–Crippen LogP) is 0.209. The number of hydrogen-bond donors (Lipinski definition) is 1. The molecule has 0 aromatic carbocycles. The van der Waals surface area contributed by atoms with Gasteiger partial charge in [0.15, 0.2) is 5.03 Å². The molecule has 0 radical (unpaired) electrons. The lowest BCUT2D eigenvalue weighted by molar-refractivity contribution is -0.00283. The maximum atomic E-state index is 12.1. The Morgan fingerprint density at radius 1 is 1.69 bits per heavy atom. The smallest absolute Gasteiger partial charge is 0.260 e. The maximum absolute atomic E-state index is 12.1. The van der Waals surface area contributed by atoms with Crippen molar-refractivity contribution >= 4 is 10.0 Å². The molecule has 90 valence electrons. The lowest BCUT2D eigenvalue weighted by Crippen LogP contribution is -2.45. The highest BCUT2D eigenvalue weighted by atomic mass is 32.2. The Morgan fingerprint density at radius 2 is 2.50 bits per heavy atom. The first-order valence-electron chi connectivity index (χ1n) is 5.24. The lowest BCUT2D eigenvalue weighted by atomic mass is 10.2. The molecule has 1 atom stereocenters. The van der Waals surface area contributed by atoms with Crippen LogP contribution in [0.3, 0.4) is 0 Å². The SMILES string of the molecule is CCC1CN(S(=O)(=O)c2cnc[nH]2)CCO1. The Kier molecular flexibility index (Phi) is 3.27. The Hall–Kier alpha value is -0.920. The third-order valence-electron chi connectivity index (χ3n) is 2.65. The standard InChI is InChI=1S/C9H15N3O3S/c1-2-8-6-12(3-4-15-8)16(13,14)9-5-10-7-11-9/h5,7-8H,2-4,6H2,1H3,(H,10,11). The monoisotopic (exact) mass is 245 g/mol. The van der Waals surface area contributed by atoms with Crippen molar-refractivity contribution in [2.75, 3.05) is 19.7 Å². The van der Waals surface area contributed by atoms with Crippen molar-refractivity contribution in [3.63, 3.8) is 0 Å². The summed E-state index contributed by atoms with van der Waals surface area (Å²) in [6.45, 7) is 3.25. The van der Waals surface area contributed by atoms with Gasteiger partial charge >= 0.3 is 0 Å². The molecule has 16 heavy (non-hydrogen) atoms. The van der Waals surface area contributed by atoms with E-state index in [0.29, 0.717) is 19.7 Å². The molecule has 7 heteroatoms. The molecule has 0 saturated carbocycles. The number of sulfonamides is 1. The third-order valence-corrected chi connectivity index (χ3v) is 4.44. The molecule has 2 rings (SSSR count). The minimum absolute atomic E-state index is 0.00792. The maximum Gasteiger partial charge on any atom is 0.260 e. The number of hydrogen-bond acceptors (Lipinski definition) is 4. The van der Waals surface area contributed by atoms with Crippen LogP contribution >= 0.6 is 0 Å². The van der Waals surface area contributed by atoms with Gasteiger partial charge in [0.1, 0.15) is 0 Å². The summed E-state index contributed by atoms with van der Waals surface area (Å²) < 4.78 is 31.1. The van der Waals surface area contributed by atoms with Crippen molar-refractivity contribution in [1.29, 1.82) is 0 Å². The quantitative estimate of drug-likeness (QED) is 0.826. The van der Waals surface area contributed by atoms with E-state index < -0.39 is 10.0 Å². The Bertz CT molecular complexity index is 429. The van der Waals surface area contributed by atoms with Crippen LogP contribution in [0.2, 0.25) is 0 Å². The van der Waals surface area contributed by atoms with Gasteiger partial charge in [-0.25, -0.2) is 13.4 Å². The van der Waals surface area contributed by atoms with Crippen LogP contribution in [0.25, 0.3) is 0 Å². The van der Waals surface area contributed by atoms with E-state index in [-0.39, 0.29) is 11.1 Å². The second kappa shape index (κ2) is 4.52. The van der Waals surface area contributed by atoms with Gasteiger partial charge in [-0.3, -0.25) is 0 Å². The van der Waals surface area contributed by atoms with Crippen LogP contribution in [-0.2, 0) is 14.8 Å². The molecule has 1 aromatic heterocycles. The molecule has 1 unspecified atom stereocenters. The van der Waals surface area contributed by atoms with Crippen molar-refractivity contribution in [3.05, 3.63) is 12.5 Å². The number of nitrogens with one attached hydrogen (secondary N) is 1. The van der Waals surface area contributed by atoms with Gasteiger partial charge in [0.2, 0.25) is 0 Å². The summed E-state index contributed by atoms with van der Waals surface area (Å²) in [5.41, 5.74) is 0. The van der Waals surface area contributed by atoms with Crippen molar-refractivity contribution in [2.24, 2.45) is 0 Å². The Balaban J connectivity index is 2.18. The summed E-state index contributed by atoms with van der Waals surface area (Å²) >= 11 is 0.